The van der Waals surface area contributed by atoms with Crippen LogP contribution in [0.5, 0.6) is 0 Å². The van der Waals surface area contributed by atoms with Crippen LogP contribution in [0.3, 0.4) is 0 Å². The lowest BCUT2D eigenvalue weighted by Gasteiger charge is -1.97. The van der Waals surface area contributed by atoms with Crippen LogP contribution in [-0.2, 0) is 19.8 Å². The third-order valence-electron chi connectivity index (χ3n) is 1.72. The van der Waals surface area contributed by atoms with Crippen molar-refractivity contribution in [3.05, 3.63) is 29.8 Å². The van der Waals surface area contributed by atoms with Crippen molar-refractivity contribution in [2.45, 2.75) is 11.8 Å². The lowest BCUT2D eigenvalue weighted by Crippen LogP contribution is -2.00. The molecule has 0 unspecified atom stereocenters. The minimum Gasteiger partial charge on any atom is -0.456 e. The lowest BCUT2D eigenvalue weighted by atomic mass is 10.2. The zero-order chi connectivity index (χ0) is 12.9. The van der Waals surface area contributed by atoms with Gasteiger partial charge in [0.2, 0.25) is 0 Å². The van der Waals surface area contributed by atoms with E-state index in [1.165, 1.54) is 18.2 Å². The molecule has 0 aromatic heterocycles. The largest absolute Gasteiger partial charge is 0.456 e. The van der Waals surface area contributed by atoms with Crippen molar-refractivity contribution >= 4 is 16.2 Å². The van der Waals surface area contributed by atoms with Crippen molar-refractivity contribution in [3.8, 4) is 11.8 Å². The molecule has 0 radical (unpaired) electrons. The van der Waals surface area contributed by atoms with Gasteiger partial charge in [-0.2, -0.15) is 8.42 Å². The highest BCUT2D eigenvalue weighted by Crippen LogP contribution is 2.16. The Bertz CT molecular complexity index is 581. The van der Waals surface area contributed by atoms with E-state index in [1.54, 1.807) is 6.92 Å². The maximum atomic E-state index is 12.8. The second-order valence-corrected chi connectivity index (χ2v) is 4.22. The smallest absolute Gasteiger partial charge is 0.384 e. The van der Waals surface area contributed by atoms with Crippen molar-refractivity contribution in [1.29, 1.82) is 0 Å². The van der Waals surface area contributed by atoms with Crippen LogP contribution in [0.2, 0.25) is 0 Å². The molecule has 1 aromatic carbocycles. The first-order valence-electron chi connectivity index (χ1n) is 4.67. The van der Waals surface area contributed by atoms with E-state index >= 15 is 0 Å². The summed E-state index contributed by atoms with van der Waals surface area (Å²) in [5.74, 6) is 3.54. The number of halogens is 1. The molecule has 1 aromatic rings. The standard InChI is InChI=1S/C11H9FO4S/c1-2-16-11(13)8-7-9-5-3-4-6-10(9)17(12,14)15/h3-6H,2H2,1H3. The predicted molar refractivity (Wildman–Crippen MR) is 58.2 cm³/mol. The van der Waals surface area contributed by atoms with Crippen LogP contribution in [0.25, 0.3) is 0 Å². The molecule has 17 heavy (non-hydrogen) atoms. The Labute approximate surface area is 98.6 Å². The van der Waals surface area contributed by atoms with Crippen molar-refractivity contribution < 1.29 is 21.8 Å². The summed E-state index contributed by atoms with van der Waals surface area (Å²) in [6, 6.07) is 5.23. The maximum absolute atomic E-state index is 12.8. The molecular formula is C11H9FO4S. The van der Waals surface area contributed by atoms with Gasteiger partial charge in [0.15, 0.2) is 0 Å². The Hall–Kier alpha value is -1.87. The van der Waals surface area contributed by atoms with Gasteiger partial charge in [-0.25, -0.2) is 4.79 Å². The first kappa shape index (κ1) is 13.2. The molecular weight excluding hydrogens is 247 g/mol. The zero-order valence-electron chi connectivity index (χ0n) is 8.94. The van der Waals surface area contributed by atoms with Gasteiger partial charge in [-0.15, -0.1) is 3.89 Å². The van der Waals surface area contributed by atoms with Crippen molar-refractivity contribution in [3.63, 3.8) is 0 Å². The van der Waals surface area contributed by atoms with E-state index in [9.17, 15) is 17.1 Å². The Morgan fingerprint density at radius 3 is 2.65 bits per heavy atom. The van der Waals surface area contributed by atoms with Gasteiger partial charge >= 0.3 is 16.2 Å². The number of hydrogen-bond acceptors (Lipinski definition) is 4. The fourth-order valence-electron chi connectivity index (χ4n) is 1.07. The van der Waals surface area contributed by atoms with Crippen molar-refractivity contribution in [1.82, 2.24) is 0 Å². The average molecular weight is 256 g/mol. The molecule has 0 atom stereocenters. The molecule has 6 heteroatoms. The summed E-state index contributed by atoms with van der Waals surface area (Å²) in [6.45, 7) is 1.77. The SMILES string of the molecule is CCOC(=O)C#Cc1ccccc1S(=O)(=O)F. The summed E-state index contributed by atoms with van der Waals surface area (Å²) < 4.78 is 38.9. The number of benzene rings is 1. The number of carbonyl (C=O) groups is 1. The minimum atomic E-state index is -4.85. The molecule has 0 amide bonds. The van der Waals surface area contributed by atoms with Crippen LogP contribution >= 0.6 is 0 Å². The number of rotatable bonds is 2. The van der Waals surface area contributed by atoms with Gasteiger partial charge in [0, 0.05) is 11.5 Å². The van der Waals surface area contributed by atoms with E-state index in [0.717, 1.165) is 6.07 Å². The monoisotopic (exact) mass is 256 g/mol. The van der Waals surface area contributed by atoms with Crippen LogP contribution in [0.1, 0.15) is 12.5 Å². The molecule has 0 aliphatic carbocycles. The van der Waals surface area contributed by atoms with E-state index in [2.05, 4.69) is 16.6 Å². The molecule has 0 spiro atoms. The minimum absolute atomic E-state index is 0.0805. The molecule has 0 bridgehead atoms. The highest BCUT2D eigenvalue weighted by molar-refractivity contribution is 7.86. The third-order valence-corrected chi connectivity index (χ3v) is 2.61. The van der Waals surface area contributed by atoms with Crippen LogP contribution in [-0.4, -0.2) is 21.0 Å². The first-order chi connectivity index (χ1) is 7.95. The van der Waals surface area contributed by atoms with Crippen molar-refractivity contribution in [2.24, 2.45) is 0 Å². The zero-order valence-corrected chi connectivity index (χ0v) is 9.75. The highest BCUT2D eigenvalue weighted by atomic mass is 32.3. The molecule has 4 nitrogen and oxygen atoms in total. The van der Waals surface area contributed by atoms with Crippen LogP contribution in [0, 0.1) is 11.8 Å². The van der Waals surface area contributed by atoms with E-state index in [0.29, 0.717) is 0 Å². The number of ether oxygens (including phenoxy) is 1. The van der Waals surface area contributed by atoms with Gasteiger partial charge in [0.25, 0.3) is 0 Å². The van der Waals surface area contributed by atoms with Gasteiger partial charge in [-0.1, -0.05) is 18.1 Å². The Balaban J connectivity index is 3.12. The normalized spacial score (nSPS) is 10.2. The highest BCUT2D eigenvalue weighted by Gasteiger charge is 2.15. The van der Waals surface area contributed by atoms with Crippen molar-refractivity contribution in [2.75, 3.05) is 6.61 Å². The topological polar surface area (TPSA) is 60.4 Å². The van der Waals surface area contributed by atoms with Crippen LogP contribution < -0.4 is 0 Å². The molecule has 1 rings (SSSR count). The molecule has 0 aliphatic rings. The second-order valence-electron chi connectivity index (χ2n) is 2.90. The summed E-state index contributed by atoms with van der Waals surface area (Å²) >= 11 is 0. The Morgan fingerprint density at radius 2 is 2.06 bits per heavy atom. The summed E-state index contributed by atoms with van der Waals surface area (Å²) in [4.78, 5) is 10.4. The summed E-state index contributed by atoms with van der Waals surface area (Å²) in [5, 5.41) is 0. The number of esters is 1. The third kappa shape index (κ3) is 3.89. The number of hydrogen-bond donors (Lipinski definition) is 0. The van der Waals surface area contributed by atoms with Gasteiger partial charge in [-0.05, 0) is 19.1 Å². The molecule has 90 valence electrons. The van der Waals surface area contributed by atoms with E-state index < -0.39 is 21.1 Å². The van der Waals surface area contributed by atoms with Crippen LogP contribution in [0.15, 0.2) is 29.2 Å². The van der Waals surface area contributed by atoms with E-state index in [4.69, 9.17) is 0 Å². The Kier molecular flexibility index (Phi) is 4.24. The lowest BCUT2D eigenvalue weighted by molar-refractivity contribution is -0.136. The Morgan fingerprint density at radius 1 is 1.41 bits per heavy atom. The van der Waals surface area contributed by atoms with Crippen LogP contribution in [0.4, 0.5) is 3.89 Å². The molecule has 0 saturated carbocycles. The molecule has 0 heterocycles. The molecule has 0 fully saturated rings. The van der Waals surface area contributed by atoms with Gasteiger partial charge in [-0.3, -0.25) is 0 Å². The van der Waals surface area contributed by atoms with Gasteiger partial charge in [0.05, 0.1) is 6.61 Å². The molecule has 0 aliphatic heterocycles. The van der Waals surface area contributed by atoms with Gasteiger partial charge in [0.1, 0.15) is 4.90 Å². The summed E-state index contributed by atoms with van der Waals surface area (Å²) in [5.41, 5.74) is -0.0805. The average Bonchev–Trinajstić information content (AvgIpc) is 2.26. The molecule has 0 N–H and O–H groups in total. The summed E-state index contributed by atoms with van der Waals surface area (Å²) in [7, 11) is -4.85. The van der Waals surface area contributed by atoms with Gasteiger partial charge < -0.3 is 4.74 Å². The number of carbonyl (C=O) groups excluding carboxylic acids is 1. The molecule has 0 saturated heterocycles. The van der Waals surface area contributed by atoms with E-state index in [1.807, 2.05) is 0 Å². The summed E-state index contributed by atoms with van der Waals surface area (Å²) in [6.07, 6.45) is 0. The first-order valence-corrected chi connectivity index (χ1v) is 6.06. The predicted octanol–water partition coefficient (Wildman–Crippen LogP) is 1.26. The second kappa shape index (κ2) is 5.46. The fraction of sp³-hybridized carbons (Fsp3) is 0.182. The maximum Gasteiger partial charge on any atom is 0.384 e. The fourth-order valence-corrected chi connectivity index (χ4v) is 1.69. The van der Waals surface area contributed by atoms with E-state index in [-0.39, 0.29) is 12.2 Å². The quantitative estimate of drug-likeness (QED) is 0.454.